The molecule has 0 unspecified atom stereocenters. The molecule has 0 aliphatic rings. The number of nitrogen functional groups attached to an aromatic ring is 1. The van der Waals surface area contributed by atoms with Gasteiger partial charge >= 0.3 is 5.97 Å². The number of carbonyl (C=O) groups excluding carboxylic acids is 1. The number of benzene rings is 2. The minimum absolute atomic E-state index is 0.0182. The lowest BCUT2D eigenvalue weighted by atomic mass is 10.3. The van der Waals surface area contributed by atoms with Crippen LogP contribution in [-0.2, 0) is 16.1 Å². The number of nitrogens with one attached hydrogen (secondary N) is 1. The van der Waals surface area contributed by atoms with Crippen molar-refractivity contribution in [2.75, 3.05) is 17.7 Å². The van der Waals surface area contributed by atoms with Crippen molar-refractivity contribution in [2.45, 2.75) is 6.61 Å². The average molecular weight is 386 g/mol. The molecule has 2 aromatic carbocycles. The molecule has 138 valence electrons. The van der Waals surface area contributed by atoms with Crippen LogP contribution in [0, 0.1) is 0 Å². The van der Waals surface area contributed by atoms with Gasteiger partial charge in [0.15, 0.2) is 19.0 Å². The minimum atomic E-state index is -0.577. The number of rotatable bonds is 7. The molecule has 0 amide bonds. The Kier molecular flexibility index (Phi) is 6.01. The van der Waals surface area contributed by atoms with E-state index in [1.165, 1.54) is 0 Å². The molecule has 0 atom stereocenters. The van der Waals surface area contributed by atoms with Crippen LogP contribution in [-0.4, -0.2) is 27.5 Å². The molecule has 27 heavy (non-hydrogen) atoms. The van der Waals surface area contributed by atoms with Crippen molar-refractivity contribution in [1.29, 1.82) is 0 Å². The van der Waals surface area contributed by atoms with E-state index in [1.54, 1.807) is 24.3 Å². The number of esters is 1. The lowest BCUT2D eigenvalue weighted by Gasteiger charge is -2.09. The summed E-state index contributed by atoms with van der Waals surface area (Å²) in [6.07, 6.45) is 0. The van der Waals surface area contributed by atoms with Gasteiger partial charge < -0.3 is 20.5 Å². The topological polar surface area (TPSA) is 112 Å². The number of aromatic nitrogens is 3. The number of para-hydroxylation sites is 1. The summed E-state index contributed by atoms with van der Waals surface area (Å²) in [5, 5.41) is 3.52. The highest BCUT2D eigenvalue weighted by Gasteiger charge is 2.09. The summed E-state index contributed by atoms with van der Waals surface area (Å²) < 4.78 is 10.4. The standard InChI is InChI=1S/C18H16ClN5O3/c19-12-5-4-8-14(9-12)26-11-16(25)27-10-15-22-17(20)24-18(23-15)21-13-6-2-1-3-7-13/h1-9H,10-11H2,(H3,20,21,22,23,24). The van der Waals surface area contributed by atoms with Gasteiger partial charge in [-0.15, -0.1) is 0 Å². The molecular formula is C18H16ClN5O3. The molecule has 0 saturated heterocycles. The Morgan fingerprint density at radius 2 is 1.89 bits per heavy atom. The lowest BCUT2D eigenvalue weighted by molar-refractivity contribution is -0.147. The second kappa shape index (κ2) is 8.81. The third-order valence-electron chi connectivity index (χ3n) is 3.24. The molecule has 3 rings (SSSR count). The second-order valence-electron chi connectivity index (χ2n) is 5.33. The average Bonchev–Trinajstić information content (AvgIpc) is 2.65. The first-order valence-corrected chi connectivity index (χ1v) is 8.33. The van der Waals surface area contributed by atoms with Gasteiger partial charge in [-0.3, -0.25) is 0 Å². The molecule has 0 saturated carbocycles. The molecule has 0 spiro atoms. The molecule has 0 aliphatic heterocycles. The SMILES string of the molecule is Nc1nc(COC(=O)COc2cccc(Cl)c2)nc(Nc2ccccc2)n1. The molecule has 0 bridgehead atoms. The van der Waals surface area contributed by atoms with Gasteiger partial charge in [-0.05, 0) is 30.3 Å². The van der Waals surface area contributed by atoms with Crippen molar-refractivity contribution < 1.29 is 14.3 Å². The molecule has 8 nitrogen and oxygen atoms in total. The predicted molar refractivity (Wildman–Crippen MR) is 101 cm³/mol. The zero-order chi connectivity index (χ0) is 19.1. The van der Waals surface area contributed by atoms with Crippen molar-refractivity contribution in [1.82, 2.24) is 15.0 Å². The van der Waals surface area contributed by atoms with Crippen molar-refractivity contribution in [3.63, 3.8) is 0 Å². The third kappa shape index (κ3) is 5.82. The van der Waals surface area contributed by atoms with Crippen LogP contribution in [0.3, 0.4) is 0 Å². The lowest BCUT2D eigenvalue weighted by Crippen LogP contribution is -2.16. The van der Waals surface area contributed by atoms with E-state index in [0.29, 0.717) is 10.8 Å². The van der Waals surface area contributed by atoms with E-state index in [0.717, 1.165) is 5.69 Å². The third-order valence-corrected chi connectivity index (χ3v) is 3.48. The van der Waals surface area contributed by atoms with Crippen molar-refractivity contribution in [3.8, 4) is 5.75 Å². The summed E-state index contributed by atoms with van der Waals surface area (Å²) in [7, 11) is 0. The number of nitrogens with zero attached hydrogens (tertiary/aromatic N) is 3. The Labute approximate surface area is 160 Å². The van der Waals surface area contributed by atoms with Crippen LogP contribution in [0.5, 0.6) is 5.75 Å². The fourth-order valence-corrected chi connectivity index (χ4v) is 2.28. The normalized spacial score (nSPS) is 10.3. The fourth-order valence-electron chi connectivity index (χ4n) is 2.09. The Hall–Kier alpha value is -3.39. The maximum atomic E-state index is 11.8. The molecule has 3 aromatic rings. The summed E-state index contributed by atoms with van der Waals surface area (Å²) in [6.45, 7) is -0.427. The summed E-state index contributed by atoms with van der Waals surface area (Å²) in [5.74, 6) is 0.390. The van der Waals surface area contributed by atoms with E-state index >= 15 is 0 Å². The van der Waals surface area contributed by atoms with Crippen molar-refractivity contribution >= 4 is 35.2 Å². The number of halogens is 1. The van der Waals surface area contributed by atoms with Crippen LogP contribution in [0.2, 0.25) is 5.02 Å². The van der Waals surface area contributed by atoms with Crippen LogP contribution in [0.1, 0.15) is 5.82 Å². The largest absolute Gasteiger partial charge is 0.482 e. The van der Waals surface area contributed by atoms with Crippen LogP contribution in [0.15, 0.2) is 54.6 Å². The molecular weight excluding hydrogens is 370 g/mol. The zero-order valence-corrected chi connectivity index (χ0v) is 14.9. The summed E-state index contributed by atoms with van der Waals surface area (Å²) in [4.78, 5) is 24.0. The Morgan fingerprint density at radius 1 is 1.07 bits per heavy atom. The molecule has 9 heteroatoms. The number of anilines is 3. The van der Waals surface area contributed by atoms with E-state index in [9.17, 15) is 4.79 Å². The van der Waals surface area contributed by atoms with Gasteiger partial charge in [0.25, 0.3) is 0 Å². The van der Waals surface area contributed by atoms with Gasteiger partial charge in [-0.25, -0.2) is 4.79 Å². The van der Waals surface area contributed by atoms with E-state index < -0.39 is 5.97 Å². The van der Waals surface area contributed by atoms with E-state index in [-0.39, 0.29) is 30.9 Å². The predicted octanol–water partition coefficient (Wildman–Crippen LogP) is 2.97. The Bertz CT molecular complexity index is 924. The highest BCUT2D eigenvalue weighted by Crippen LogP contribution is 2.17. The highest BCUT2D eigenvalue weighted by atomic mass is 35.5. The molecule has 0 aliphatic carbocycles. The fraction of sp³-hybridized carbons (Fsp3) is 0.111. The first-order chi connectivity index (χ1) is 13.1. The highest BCUT2D eigenvalue weighted by molar-refractivity contribution is 6.30. The van der Waals surface area contributed by atoms with Gasteiger partial charge in [0.05, 0.1) is 0 Å². The maximum absolute atomic E-state index is 11.8. The quantitative estimate of drug-likeness (QED) is 0.597. The molecule has 1 heterocycles. The first-order valence-electron chi connectivity index (χ1n) is 7.95. The van der Waals surface area contributed by atoms with Crippen LogP contribution in [0.25, 0.3) is 0 Å². The molecule has 3 N–H and O–H groups in total. The van der Waals surface area contributed by atoms with Gasteiger partial charge in [-0.1, -0.05) is 35.9 Å². The van der Waals surface area contributed by atoms with Gasteiger partial charge in [-0.2, -0.15) is 15.0 Å². The summed E-state index contributed by atoms with van der Waals surface area (Å²) in [6, 6.07) is 16.1. The zero-order valence-electron chi connectivity index (χ0n) is 14.1. The molecule has 0 radical (unpaired) electrons. The Balaban J connectivity index is 1.54. The number of nitrogens with two attached hydrogens (primary N) is 1. The Morgan fingerprint density at radius 3 is 2.67 bits per heavy atom. The van der Waals surface area contributed by atoms with E-state index in [2.05, 4.69) is 20.3 Å². The van der Waals surface area contributed by atoms with Crippen molar-refractivity contribution in [3.05, 3.63) is 65.4 Å². The smallest absolute Gasteiger partial charge is 0.344 e. The molecule has 1 aromatic heterocycles. The van der Waals surface area contributed by atoms with Gasteiger partial charge in [0.1, 0.15) is 5.75 Å². The van der Waals surface area contributed by atoms with Crippen LogP contribution >= 0.6 is 11.6 Å². The number of carbonyl (C=O) groups is 1. The van der Waals surface area contributed by atoms with Gasteiger partial charge in [0, 0.05) is 10.7 Å². The van der Waals surface area contributed by atoms with Crippen molar-refractivity contribution in [2.24, 2.45) is 0 Å². The maximum Gasteiger partial charge on any atom is 0.344 e. The van der Waals surface area contributed by atoms with E-state index in [1.807, 2.05) is 30.3 Å². The minimum Gasteiger partial charge on any atom is -0.482 e. The summed E-state index contributed by atoms with van der Waals surface area (Å²) >= 11 is 5.85. The van der Waals surface area contributed by atoms with Crippen LogP contribution < -0.4 is 15.8 Å². The monoisotopic (exact) mass is 385 g/mol. The number of hydrogen-bond acceptors (Lipinski definition) is 8. The van der Waals surface area contributed by atoms with Gasteiger partial charge in [0.2, 0.25) is 11.9 Å². The van der Waals surface area contributed by atoms with E-state index in [4.69, 9.17) is 26.8 Å². The molecule has 0 fully saturated rings. The summed E-state index contributed by atoms with van der Waals surface area (Å²) in [5.41, 5.74) is 6.48. The number of hydrogen-bond donors (Lipinski definition) is 2. The second-order valence-corrected chi connectivity index (χ2v) is 5.77. The van der Waals surface area contributed by atoms with Crippen LogP contribution in [0.4, 0.5) is 17.6 Å². The number of ether oxygens (including phenoxy) is 2. The first kappa shape index (κ1) is 18.4.